The fraction of sp³-hybridized carbons (Fsp3) is 0.417. The Kier molecular flexibility index (Phi) is 6.84. The molecule has 1 saturated heterocycles. The molecule has 1 atom stereocenters. The first-order valence-electron chi connectivity index (χ1n) is 11.0. The summed E-state index contributed by atoms with van der Waals surface area (Å²) in [6, 6.07) is 10.6. The SMILES string of the molecule is CCO.COc1ccc(C2=NCCN2)cc1-c1ccnc2[nH]c(C3CCCNC3)cc12. The number of H-pyrrole nitrogens is 1. The van der Waals surface area contributed by atoms with Crippen LogP contribution in [0.25, 0.3) is 22.2 Å². The third-order valence-corrected chi connectivity index (χ3v) is 5.73. The summed E-state index contributed by atoms with van der Waals surface area (Å²) >= 11 is 0. The fourth-order valence-corrected chi connectivity index (χ4v) is 4.28. The Morgan fingerprint density at radius 1 is 1.16 bits per heavy atom. The summed E-state index contributed by atoms with van der Waals surface area (Å²) in [5.41, 5.74) is 5.48. The van der Waals surface area contributed by atoms with Gasteiger partial charge in [0, 0.05) is 54.0 Å². The van der Waals surface area contributed by atoms with Crippen molar-refractivity contribution in [2.75, 3.05) is 39.9 Å². The number of methoxy groups -OCH3 is 1. The van der Waals surface area contributed by atoms with E-state index in [1.165, 1.54) is 18.5 Å². The predicted molar refractivity (Wildman–Crippen MR) is 125 cm³/mol. The molecule has 2 aliphatic heterocycles. The molecule has 2 aliphatic rings. The van der Waals surface area contributed by atoms with E-state index in [2.05, 4.69) is 49.9 Å². The van der Waals surface area contributed by atoms with Crippen LogP contribution in [0.5, 0.6) is 5.75 Å². The van der Waals surface area contributed by atoms with Crippen LogP contribution in [-0.4, -0.2) is 60.8 Å². The Bertz CT molecular complexity index is 1050. The molecular formula is C24H31N5O2. The number of nitrogens with zero attached hydrogens (tertiary/aromatic N) is 2. The second-order valence-corrected chi connectivity index (χ2v) is 7.78. The van der Waals surface area contributed by atoms with Gasteiger partial charge in [-0.05, 0) is 62.2 Å². The normalized spacial score (nSPS) is 18.2. The van der Waals surface area contributed by atoms with Crippen molar-refractivity contribution in [3.63, 3.8) is 0 Å². The molecule has 0 spiro atoms. The molecule has 4 N–H and O–H groups in total. The number of hydrogen-bond donors (Lipinski definition) is 4. The number of rotatable bonds is 4. The lowest BCUT2D eigenvalue weighted by atomic mass is 9.95. The number of pyridine rings is 1. The first kappa shape index (κ1) is 21.3. The monoisotopic (exact) mass is 421 g/mol. The van der Waals surface area contributed by atoms with Gasteiger partial charge in [-0.1, -0.05) is 0 Å². The Balaban J connectivity index is 0.000000730. The molecule has 31 heavy (non-hydrogen) atoms. The van der Waals surface area contributed by atoms with E-state index in [1.807, 2.05) is 12.3 Å². The zero-order valence-electron chi connectivity index (χ0n) is 18.2. The third-order valence-electron chi connectivity index (χ3n) is 5.73. The van der Waals surface area contributed by atoms with E-state index < -0.39 is 0 Å². The number of nitrogens with one attached hydrogen (secondary N) is 3. The summed E-state index contributed by atoms with van der Waals surface area (Å²) in [4.78, 5) is 12.7. The lowest BCUT2D eigenvalue weighted by Crippen LogP contribution is -2.28. The Morgan fingerprint density at radius 2 is 2.03 bits per heavy atom. The van der Waals surface area contributed by atoms with Crippen molar-refractivity contribution in [1.82, 2.24) is 20.6 Å². The molecule has 1 fully saturated rings. The van der Waals surface area contributed by atoms with Crippen molar-refractivity contribution in [3.05, 3.63) is 47.8 Å². The maximum Gasteiger partial charge on any atom is 0.138 e. The maximum atomic E-state index is 7.57. The van der Waals surface area contributed by atoms with Gasteiger partial charge in [-0.3, -0.25) is 4.99 Å². The van der Waals surface area contributed by atoms with E-state index in [0.29, 0.717) is 5.92 Å². The van der Waals surface area contributed by atoms with Crippen LogP contribution in [-0.2, 0) is 0 Å². The van der Waals surface area contributed by atoms with Crippen LogP contribution < -0.4 is 15.4 Å². The van der Waals surface area contributed by atoms with Crippen molar-refractivity contribution < 1.29 is 9.84 Å². The molecule has 0 aliphatic carbocycles. The average molecular weight is 422 g/mol. The number of aliphatic imine (C=N–C) groups is 1. The van der Waals surface area contributed by atoms with E-state index in [1.54, 1.807) is 14.0 Å². The van der Waals surface area contributed by atoms with Gasteiger partial charge in [0.1, 0.15) is 17.2 Å². The van der Waals surface area contributed by atoms with Crippen molar-refractivity contribution in [1.29, 1.82) is 0 Å². The number of benzene rings is 1. The summed E-state index contributed by atoms with van der Waals surface area (Å²) in [6.07, 6.45) is 4.29. The highest BCUT2D eigenvalue weighted by Gasteiger charge is 2.20. The van der Waals surface area contributed by atoms with Crippen molar-refractivity contribution >= 4 is 16.9 Å². The number of ether oxygens (including phenoxy) is 1. The molecule has 3 aromatic rings. The van der Waals surface area contributed by atoms with Crippen molar-refractivity contribution in [2.24, 2.45) is 4.99 Å². The fourth-order valence-electron chi connectivity index (χ4n) is 4.28. The van der Waals surface area contributed by atoms with Gasteiger partial charge in [-0.2, -0.15) is 0 Å². The highest BCUT2D eigenvalue weighted by Crippen LogP contribution is 2.37. The molecule has 0 radical (unpaired) electrons. The first-order chi connectivity index (χ1) is 15.2. The smallest absolute Gasteiger partial charge is 0.138 e. The zero-order valence-corrected chi connectivity index (χ0v) is 18.2. The van der Waals surface area contributed by atoms with Crippen molar-refractivity contribution in [3.8, 4) is 16.9 Å². The molecule has 5 rings (SSSR count). The summed E-state index contributed by atoms with van der Waals surface area (Å²) < 4.78 is 5.69. The van der Waals surface area contributed by atoms with Crippen LogP contribution in [0.3, 0.4) is 0 Å². The van der Waals surface area contributed by atoms with Crippen LogP contribution in [0.2, 0.25) is 0 Å². The molecule has 164 valence electrons. The molecule has 7 nitrogen and oxygen atoms in total. The molecule has 4 heterocycles. The number of piperidine rings is 1. The van der Waals surface area contributed by atoms with E-state index in [9.17, 15) is 0 Å². The third kappa shape index (κ3) is 4.57. The molecule has 1 aromatic carbocycles. The number of aromatic nitrogens is 2. The predicted octanol–water partition coefficient (Wildman–Crippen LogP) is 3.05. The largest absolute Gasteiger partial charge is 0.496 e. The Labute approximate surface area is 183 Å². The minimum absolute atomic E-state index is 0.250. The van der Waals surface area contributed by atoms with Gasteiger partial charge in [-0.25, -0.2) is 4.98 Å². The minimum atomic E-state index is 0.250. The molecular weight excluding hydrogens is 390 g/mol. The lowest BCUT2D eigenvalue weighted by Gasteiger charge is -2.21. The number of aliphatic hydroxyl groups excluding tert-OH is 1. The summed E-state index contributed by atoms with van der Waals surface area (Å²) in [6.45, 7) is 5.79. The van der Waals surface area contributed by atoms with E-state index in [4.69, 9.17) is 9.84 Å². The molecule has 7 heteroatoms. The number of amidine groups is 1. The zero-order chi connectivity index (χ0) is 21.6. The first-order valence-corrected chi connectivity index (χ1v) is 11.0. The van der Waals surface area contributed by atoms with Crippen LogP contribution in [0.1, 0.15) is 36.9 Å². The number of aliphatic hydroxyl groups is 1. The molecule has 1 unspecified atom stereocenters. The summed E-state index contributed by atoms with van der Waals surface area (Å²) in [5, 5.41) is 15.6. The van der Waals surface area contributed by atoms with Crippen LogP contribution in [0.4, 0.5) is 0 Å². The van der Waals surface area contributed by atoms with Crippen LogP contribution in [0.15, 0.2) is 41.5 Å². The lowest BCUT2D eigenvalue weighted by molar-refractivity contribution is 0.318. The topological polar surface area (TPSA) is 94.6 Å². The summed E-state index contributed by atoms with van der Waals surface area (Å²) in [7, 11) is 1.72. The molecule has 2 aromatic heterocycles. The van der Waals surface area contributed by atoms with Gasteiger partial charge in [-0.15, -0.1) is 0 Å². The van der Waals surface area contributed by atoms with E-state index in [-0.39, 0.29) is 6.61 Å². The van der Waals surface area contributed by atoms with Crippen LogP contribution in [0, 0.1) is 0 Å². The van der Waals surface area contributed by atoms with Crippen LogP contribution >= 0.6 is 0 Å². The Hall–Kier alpha value is -2.90. The Morgan fingerprint density at radius 3 is 2.74 bits per heavy atom. The second kappa shape index (κ2) is 9.94. The molecule has 0 saturated carbocycles. The quantitative estimate of drug-likeness (QED) is 0.519. The highest BCUT2D eigenvalue weighted by molar-refractivity contribution is 6.03. The van der Waals surface area contributed by atoms with Gasteiger partial charge in [0.2, 0.25) is 0 Å². The van der Waals surface area contributed by atoms with Gasteiger partial charge < -0.3 is 25.5 Å². The highest BCUT2D eigenvalue weighted by atomic mass is 16.5. The van der Waals surface area contributed by atoms with E-state index >= 15 is 0 Å². The standard InChI is InChI=1S/C22H25N5O.C2H6O/c1-28-20-5-4-14(21-25-9-10-26-21)11-17(20)16-6-8-24-22-18(16)12-19(27-22)15-3-2-7-23-13-15;1-2-3/h4-6,8,11-12,15,23H,2-3,7,9-10,13H2,1H3,(H,24,27)(H,25,26);3H,2H2,1H3. The molecule has 0 bridgehead atoms. The van der Waals surface area contributed by atoms with E-state index in [0.717, 1.165) is 65.5 Å². The van der Waals surface area contributed by atoms with Gasteiger partial charge >= 0.3 is 0 Å². The number of aromatic amines is 1. The van der Waals surface area contributed by atoms with Gasteiger partial charge in [0.15, 0.2) is 0 Å². The summed E-state index contributed by atoms with van der Waals surface area (Å²) in [5.74, 6) is 2.33. The maximum absolute atomic E-state index is 7.57. The minimum Gasteiger partial charge on any atom is -0.496 e. The average Bonchev–Trinajstić information content (AvgIpc) is 3.50. The van der Waals surface area contributed by atoms with Gasteiger partial charge in [0.25, 0.3) is 0 Å². The molecule has 0 amide bonds. The van der Waals surface area contributed by atoms with Gasteiger partial charge in [0.05, 0.1) is 13.7 Å². The van der Waals surface area contributed by atoms with Crippen molar-refractivity contribution in [2.45, 2.75) is 25.7 Å². The number of hydrogen-bond acceptors (Lipinski definition) is 6. The second-order valence-electron chi connectivity index (χ2n) is 7.78. The number of fused-ring (bicyclic) bond motifs is 1.